The highest BCUT2D eigenvalue weighted by atomic mass is 32.2. The molecule has 112 valence electrons. The smallest absolute Gasteiger partial charge is 0.288 e. The highest BCUT2D eigenvalue weighted by Crippen LogP contribution is 2.31. The third-order valence-corrected chi connectivity index (χ3v) is 3.71. The number of anilines is 1. The summed E-state index contributed by atoms with van der Waals surface area (Å²) in [7, 11) is 1.66. The minimum atomic E-state index is -2.42. The number of para-hydroxylation sites is 1. The summed E-state index contributed by atoms with van der Waals surface area (Å²) in [6.07, 6.45) is 0. The molecule has 0 spiro atoms. The van der Waals surface area contributed by atoms with Crippen molar-refractivity contribution in [2.75, 3.05) is 12.4 Å². The molecule has 21 heavy (non-hydrogen) atoms. The van der Waals surface area contributed by atoms with E-state index in [9.17, 15) is 8.78 Å². The Labute approximate surface area is 127 Å². The molecule has 0 fully saturated rings. The molecular weight excluding hydrogens is 292 g/mol. The summed E-state index contributed by atoms with van der Waals surface area (Å²) in [4.78, 5) is 0.559. The van der Waals surface area contributed by atoms with Gasteiger partial charge in [0, 0.05) is 24.2 Å². The van der Waals surface area contributed by atoms with Gasteiger partial charge in [-0.15, -0.1) is 0 Å². The van der Waals surface area contributed by atoms with E-state index in [1.807, 2.05) is 36.4 Å². The number of benzene rings is 2. The second-order valence-corrected chi connectivity index (χ2v) is 5.51. The van der Waals surface area contributed by atoms with E-state index in [2.05, 4.69) is 5.32 Å². The van der Waals surface area contributed by atoms with Crippen molar-refractivity contribution in [2.24, 2.45) is 0 Å². The molecule has 0 saturated carbocycles. The molecule has 2 nitrogen and oxygen atoms in total. The summed E-state index contributed by atoms with van der Waals surface area (Å²) in [6.45, 7) is 1.18. The second kappa shape index (κ2) is 8.00. The van der Waals surface area contributed by atoms with Gasteiger partial charge in [-0.25, -0.2) is 0 Å². The minimum Gasteiger partial charge on any atom is -0.380 e. The average Bonchev–Trinajstić information content (AvgIpc) is 2.48. The topological polar surface area (TPSA) is 21.3 Å². The van der Waals surface area contributed by atoms with Crippen LogP contribution in [0.3, 0.4) is 0 Å². The van der Waals surface area contributed by atoms with Crippen molar-refractivity contribution >= 4 is 17.4 Å². The van der Waals surface area contributed by atoms with Crippen LogP contribution >= 0.6 is 11.8 Å². The maximum atomic E-state index is 12.5. The number of alkyl halides is 2. The Hall–Kier alpha value is -1.59. The van der Waals surface area contributed by atoms with E-state index < -0.39 is 5.76 Å². The molecule has 0 aliphatic rings. The number of rotatable bonds is 7. The molecule has 0 aromatic heterocycles. The first-order valence-electron chi connectivity index (χ1n) is 6.53. The van der Waals surface area contributed by atoms with Crippen molar-refractivity contribution in [3.8, 4) is 0 Å². The van der Waals surface area contributed by atoms with Crippen LogP contribution in [0, 0.1) is 0 Å². The maximum absolute atomic E-state index is 12.5. The van der Waals surface area contributed by atoms with Crippen molar-refractivity contribution in [3.63, 3.8) is 0 Å². The lowest BCUT2D eigenvalue weighted by Gasteiger charge is -2.11. The van der Waals surface area contributed by atoms with Crippen LogP contribution in [0.1, 0.15) is 11.1 Å². The number of thioether (sulfide) groups is 1. The van der Waals surface area contributed by atoms with Gasteiger partial charge in [-0.3, -0.25) is 0 Å². The first kappa shape index (κ1) is 15.8. The Balaban J connectivity index is 1.99. The lowest BCUT2D eigenvalue weighted by Crippen LogP contribution is -2.01. The van der Waals surface area contributed by atoms with Crippen molar-refractivity contribution in [2.45, 2.75) is 23.8 Å². The zero-order chi connectivity index (χ0) is 15.1. The zero-order valence-corrected chi connectivity index (χ0v) is 12.5. The molecule has 0 amide bonds. The zero-order valence-electron chi connectivity index (χ0n) is 11.7. The predicted octanol–water partition coefficient (Wildman–Crippen LogP) is 4.76. The molecule has 0 heterocycles. The molecule has 5 heteroatoms. The van der Waals surface area contributed by atoms with Crippen LogP contribution in [-0.4, -0.2) is 12.9 Å². The molecule has 0 aliphatic carbocycles. The lowest BCUT2D eigenvalue weighted by molar-refractivity contribution is 0.185. The minimum absolute atomic E-state index is 0.557. The van der Waals surface area contributed by atoms with E-state index in [4.69, 9.17) is 4.74 Å². The fourth-order valence-corrected chi connectivity index (χ4v) is 2.54. The Bertz CT molecular complexity index is 560. The van der Waals surface area contributed by atoms with Gasteiger partial charge in [0.2, 0.25) is 0 Å². The van der Waals surface area contributed by atoms with Gasteiger partial charge in [-0.2, -0.15) is 8.78 Å². The van der Waals surface area contributed by atoms with Gasteiger partial charge >= 0.3 is 0 Å². The van der Waals surface area contributed by atoms with Crippen LogP contribution in [0.25, 0.3) is 0 Å². The summed E-state index contributed by atoms with van der Waals surface area (Å²) in [5.74, 6) is -2.42. The highest BCUT2D eigenvalue weighted by Gasteiger charge is 2.09. The van der Waals surface area contributed by atoms with Gasteiger partial charge in [0.1, 0.15) is 0 Å². The first-order chi connectivity index (χ1) is 10.2. The van der Waals surface area contributed by atoms with E-state index in [1.54, 1.807) is 19.2 Å². The van der Waals surface area contributed by atoms with E-state index in [0.717, 1.165) is 16.8 Å². The molecule has 0 atom stereocenters. The van der Waals surface area contributed by atoms with Crippen LogP contribution in [0.2, 0.25) is 0 Å². The standard InChI is InChI=1S/C16H17F2NOS/c1-20-11-13-8-6-12(7-9-13)10-19-14-4-2-3-5-15(14)21-16(17)18/h2-9,16,19H,10-11H2,1H3. The van der Waals surface area contributed by atoms with Gasteiger partial charge in [0.15, 0.2) is 0 Å². The summed E-state index contributed by atoms with van der Waals surface area (Å²) < 4.78 is 30.1. The number of hydrogen-bond acceptors (Lipinski definition) is 3. The van der Waals surface area contributed by atoms with Crippen molar-refractivity contribution < 1.29 is 13.5 Å². The molecule has 0 saturated heterocycles. The highest BCUT2D eigenvalue weighted by molar-refractivity contribution is 7.99. The fourth-order valence-electron chi connectivity index (χ4n) is 1.93. The predicted molar refractivity (Wildman–Crippen MR) is 82.8 cm³/mol. The molecule has 1 N–H and O–H groups in total. The normalized spacial score (nSPS) is 10.9. The number of methoxy groups -OCH3 is 1. The lowest BCUT2D eigenvalue weighted by atomic mass is 10.1. The third-order valence-electron chi connectivity index (χ3n) is 2.92. The van der Waals surface area contributed by atoms with Crippen molar-refractivity contribution in [3.05, 3.63) is 59.7 Å². The molecule has 2 aromatic carbocycles. The second-order valence-electron chi connectivity index (χ2n) is 4.48. The summed E-state index contributed by atoms with van der Waals surface area (Å²) >= 11 is 0.557. The van der Waals surface area contributed by atoms with Gasteiger partial charge in [-0.05, 0) is 23.3 Å². The van der Waals surface area contributed by atoms with E-state index in [-0.39, 0.29) is 0 Å². The Kier molecular flexibility index (Phi) is 6.02. The van der Waals surface area contributed by atoms with Gasteiger partial charge < -0.3 is 10.1 Å². The van der Waals surface area contributed by atoms with Gasteiger partial charge in [0.05, 0.1) is 6.61 Å². The maximum Gasteiger partial charge on any atom is 0.288 e. The SMILES string of the molecule is COCc1ccc(CNc2ccccc2SC(F)F)cc1. The van der Waals surface area contributed by atoms with Crippen LogP contribution in [0.15, 0.2) is 53.4 Å². The molecule has 0 aliphatic heterocycles. The summed E-state index contributed by atoms with van der Waals surface area (Å²) in [5.41, 5.74) is 2.92. The average molecular weight is 309 g/mol. The fraction of sp³-hybridized carbons (Fsp3) is 0.250. The van der Waals surface area contributed by atoms with Gasteiger partial charge in [-0.1, -0.05) is 48.2 Å². The summed E-state index contributed by atoms with van der Waals surface area (Å²) in [6, 6.07) is 15.1. The van der Waals surface area contributed by atoms with Crippen LogP contribution in [-0.2, 0) is 17.9 Å². The van der Waals surface area contributed by atoms with Crippen LogP contribution < -0.4 is 5.32 Å². The number of nitrogens with one attached hydrogen (secondary N) is 1. The van der Waals surface area contributed by atoms with E-state index >= 15 is 0 Å². The van der Waals surface area contributed by atoms with Crippen LogP contribution in [0.5, 0.6) is 0 Å². The largest absolute Gasteiger partial charge is 0.380 e. The summed E-state index contributed by atoms with van der Waals surface area (Å²) in [5, 5.41) is 3.20. The Morgan fingerprint density at radius 2 is 1.71 bits per heavy atom. The monoisotopic (exact) mass is 309 g/mol. The molecule has 0 bridgehead atoms. The number of halogens is 2. The molecule has 2 aromatic rings. The number of hydrogen-bond donors (Lipinski definition) is 1. The Morgan fingerprint density at radius 1 is 1.05 bits per heavy atom. The Morgan fingerprint density at radius 3 is 2.38 bits per heavy atom. The molecule has 0 radical (unpaired) electrons. The molecule has 2 rings (SSSR count). The van der Waals surface area contributed by atoms with Crippen LogP contribution in [0.4, 0.5) is 14.5 Å². The number of ether oxygens (including phenoxy) is 1. The molecular formula is C16H17F2NOS. The van der Waals surface area contributed by atoms with Gasteiger partial charge in [0.25, 0.3) is 5.76 Å². The van der Waals surface area contributed by atoms with Crippen molar-refractivity contribution in [1.82, 2.24) is 0 Å². The quantitative estimate of drug-likeness (QED) is 0.745. The molecule has 0 unspecified atom stereocenters. The first-order valence-corrected chi connectivity index (χ1v) is 7.41. The van der Waals surface area contributed by atoms with E-state index in [0.29, 0.717) is 29.8 Å². The van der Waals surface area contributed by atoms with E-state index in [1.165, 1.54) is 0 Å². The van der Waals surface area contributed by atoms with Crippen molar-refractivity contribution in [1.29, 1.82) is 0 Å². The third kappa shape index (κ3) is 5.02.